The van der Waals surface area contributed by atoms with Gasteiger partial charge in [0.15, 0.2) is 18.1 Å². The molecule has 2 amide bonds. The SMILES string of the molecule is COc1cc(C(=O)NC(C)c2ccc(C)o2)ccc1OCC(N)=O. The van der Waals surface area contributed by atoms with Crippen molar-refractivity contribution in [2.75, 3.05) is 13.7 Å². The van der Waals surface area contributed by atoms with Crippen LogP contribution < -0.4 is 20.5 Å². The van der Waals surface area contributed by atoms with Gasteiger partial charge in [-0.3, -0.25) is 9.59 Å². The van der Waals surface area contributed by atoms with E-state index in [2.05, 4.69) is 5.32 Å². The highest BCUT2D eigenvalue weighted by Gasteiger charge is 2.16. The van der Waals surface area contributed by atoms with E-state index < -0.39 is 5.91 Å². The number of carbonyl (C=O) groups is 2. The van der Waals surface area contributed by atoms with Gasteiger partial charge in [-0.15, -0.1) is 0 Å². The van der Waals surface area contributed by atoms with Crippen molar-refractivity contribution in [2.24, 2.45) is 5.73 Å². The van der Waals surface area contributed by atoms with E-state index in [0.717, 1.165) is 5.76 Å². The van der Waals surface area contributed by atoms with Crippen LogP contribution in [0.25, 0.3) is 0 Å². The van der Waals surface area contributed by atoms with Gasteiger partial charge in [-0.2, -0.15) is 0 Å². The molecule has 0 radical (unpaired) electrons. The molecular formula is C17H20N2O5. The van der Waals surface area contributed by atoms with Crippen molar-refractivity contribution in [3.63, 3.8) is 0 Å². The van der Waals surface area contributed by atoms with Crippen molar-refractivity contribution in [3.8, 4) is 11.5 Å². The number of aryl methyl sites for hydroxylation is 1. The summed E-state index contributed by atoms with van der Waals surface area (Å²) in [4.78, 5) is 23.1. The summed E-state index contributed by atoms with van der Waals surface area (Å²) in [6.45, 7) is 3.41. The fourth-order valence-electron chi connectivity index (χ4n) is 2.11. The standard InChI is InChI=1S/C17H20N2O5/c1-10-4-6-13(24-10)11(2)19-17(21)12-5-7-14(15(8-12)22-3)23-9-16(18)20/h4-8,11H,9H2,1-3H3,(H2,18,20)(H,19,21). The van der Waals surface area contributed by atoms with Crippen LogP contribution in [0.2, 0.25) is 0 Å². The lowest BCUT2D eigenvalue weighted by molar-refractivity contribution is -0.119. The Morgan fingerprint density at radius 1 is 1.25 bits per heavy atom. The van der Waals surface area contributed by atoms with Gasteiger partial charge in [0.1, 0.15) is 11.5 Å². The van der Waals surface area contributed by atoms with Gasteiger partial charge in [0, 0.05) is 5.56 Å². The number of primary amides is 1. The van der Waals surface area contributed by atoms with Crippen LogP contribution in [0.4, 0.5) is 0 Å². The third-order valence-electron chi connectivity index (χ3n) is 3.33. The summed E-state index contributed by atoms with van der Waals surface area (Å²) in [5, 5.41) is 2.84. The third kappa shape index (κ3) is 4.28. The molecule has 24 heavy (non-hydrogen) atoms. The lowest BCUT2D eigenvalue weighted by Gasteiger charge is -2.14. The van der Waals surface area contributed by atoms with Gasteiger partial charge in [0.25, 0.3) is 11.8 Å². The molecule has 2 rings (SSSR count). The number of benzene rings is 1. The van der Waals surface area contributed by atoms with Gasteiger partial charge in [-0.05, 0) is 44.2 Å². The fraction of sp³-hybridized carbons (Fsp3) is 0.294. The Balaban J connectivity index is 2.10. The summed E-state index contributed by atoms with van der Waals surface area (Å²) in [6.07, 6.45) is 0. The molecule has 1 aromatic carbocycles. The molecule has 1 unspecified atom stereocenters. The molecule has 0 saturated carbocycles. The van der Waals surface area contributed by atoms with Crippen LogP contribution in [0, 0.1) is 6.92 Å². The second kappa shape index (κ2) is 7.54. The van der Waals surface area contributed by atoms with Gasteiger partial charge in [0.2, 0.25) is 0 Å². The first-order valence-electron chi connectivity index (χ1n) is 7.37. The first-order chi connectivity index (χ1) is 11.4. The molecule has 1 atom stereocenters. The summed E-state index contributed by atoms with van der Waals surface area (Å²) in [5.41, 5.74) is 5.44. The van der Waals surface area contributed by atoms with Crippen LogP contribution in [0.1, 0.15) is 34.8 Å². The molecule has 7 heteroatoms. The normalized spacial score (nSPS) is 11.6. The number of ether oxygens (including phenoxy) is 2. The Bertz CT molecular complexity index is 738. The zero-order chi connectivity index (χ0) is 17.7. The molecule has 0 spiro atoms. The van der Waals surface area contributed by atoms with Crippen molar-refractivity contribution >= 4 is 11.8 Å². The van der Waals surface area contributed by atoms with E-state index in [1.165, 1.54) is 13.2 Å². The van der Waals surface area contributed by atoms with E-state index in [0.29, 0.717) is 22.8 Å². The molecule has 1 aromatic heterocycles. The van der Waals surface area contributed by atoms with Gasteiger partial charge >= 0.3 is 0 Å². The maximum absolute atomic E-state index is 12.4. The average molecular weight is 332 g/mol. The average Bonchev–Trinajstić information content (AvgIpc) is 2.99. The van der Waals surface area contributed by atoms with E-state index >= 15 is 0 Å². The lowest BCUT2D eigenvalue weighted by atomic mass is 10.1. The van der Waals surface area contributed by atoms with Gasteiger partial charge < -0.3 is 24.9 Å². The molecule has 0 fully saturated rings. The highest BCUT2D eigenvalue weighted by molar-refractivity contribution is 5.95. The minimum Gasteiger partial charge on any atom is -0.493 e. The number of nitrogens with two attached hydrogens (primary N) is 1. The predicted octanol–water partition coefficient (Wildman–Crippen LogP) is 1.95. The molecule has 3 N–H and O–H groups in total. The monoisotopic (exact) mass is 332 g/mol. The number of carbonyl (C=O) groups excluding carboxylic acids is 2. The largest absolute Gasteiger partial charge is 0.493 e. The topological polar surface area (TPSA) is 104 Å². The van der Waals surface area contributed by atoms with E-state index in [4.69, 9.17) is 19.6 Å². The van der Waals surface area contributed by atoms with Crippen molar-refractivity contribution in [1.82, 2.24) is 5.32 Å². The zero-order valence-electron chi connectivity index (χ0n) is 13.8. The molecular weight excluding hydrogens is 312 g/mol. The van der Waals surface area contributed by atoms with Crippen molar-refractivity contribution < 1.29 is 23.5 Å². The zero-order valence-corrected chi connectivity index (χ0v) is 13.8. The Morgan fingerprint density at radius 3 is 2.58 bits per heavy atom. The van der Waals surface area contributed by atoms with Crippen LogP contribution in [-0.4, -0.2) is 25.5 Å². The number of hydrogen-bond donors (Lipinski definition) is 2. The Morgan fingerprint density at radius 2 is 2.00 bits per heavy atom. The number of nitrogens with one attached hydrogen (secondary N) is 1. The van der Waals surface area contributed by atoms with Gasteiger partial charge in [-0.25, -0.2) is 0 Å². The third-order valence-corrected chi connectivity index (χ3v) is 3.33. The number of hydrogen-bond acceptors (Lipinski definition) is 5. The summed E-state index contributed by atoms with van der Waals surface area (Å²) in [7, 11) is 1.45. The minimum atomic E-state index is -0.596. The molecule has 0 bridgehead atoms. The highest BCUT2D eigenvalue weighted by atomic mass is 16.5. The van der Waals surface area contributed by atoms with Crippen LogP contribution in [0.3, 0.4) is 0 Å². The minimum absolute atomic E-state index is 0.267. The summed E-state index contributed by atoms with van der Waals surface area (Å²) in [6, 6.07) is 8.05. The highest BCUT2D eigenvalue weighted by Crippen LogP contribution is 2.28. The predicted molar refractivity (Wildman–Crippen MR) is 87.0 cm³/mol. The van der Waals surface area contributed by atoms with Crippen LogP contribution >= 0.6 is 0 Å². The molecule has 0 aliphatic carbocycles. The Labute approximate surface area is 139 Å². The number of amides is 2. The second-order valence-electron chi connectivity index (χ2n) is 5.26. The van der Waals surface area contributed by atoms with E-state index in [-0.39, 0.29) is 18.6 Å². The lowest BCUT2D eigenvalue weighted by Crippen LogP contribution is -2.26. The molecule has 0 saturated heterocycles. The first-order valence-corrected chi connectivity index (χ1v) is 7.37. The van der Waals surface area contributed by atoms with Gasteiger partial charge in [0.05, 0.1) is 13.2 Å². The molecule has 128 valence electrons. The Kier molecular flexibility index (Phi) is 5.47. The molecule has 7 nitrogen and oxygen atoms in total. The fourth-order valence-corrected chi connectivity index (χ4v) is 2.11. The van der Waals surface area contributed by atoms with Crippen LogP contribution in [-0.2, 0) is 4.79 Å². The van der Waals surface area contributed by atoms with Crippen LogP contribution in [0.5, 0.6) is 11.5 Å². The van der Waals surface area contributed by atoms with Crippen molar-refractivity contribution in [1.29, 1.82) is 0 Å². The maximum Gasteiger partial charge on any atom is 0.255 e. The molecule has 0 aliphatic heterocycles. The summed E-state index contributed by atoms with van der Waals surface area (Å²) < 4.78 is 15.9. The van der Waals surface area contributed by atoms with E-state index in [1.54, 1.807) is 12.1 Å². The second-order valence-corrected chi connectivity index (χ2v) is 5.26. The number of furan rings is 1. The molecule has 2 aromatic rings. The molecule has 0 aliphatic rings. The quantitative estimate of drug-likeness (QED) is 0.806. The Hall–Kier alpha value is -2.96. The number of rotatable bonds is 7. The van der Waals surface area contributed by atoms with Crippen molar-refractivity contribution in [3.05, 3.63) is 47.4 Å². The van der Waals surface area contributed by atoms with E-state index in [1.807, 2.05) is 26.0 Å². The molecule has 1 heterocycles. The van der Waals surface area contributed by atoms with E-state index in [9.17, 15) is 9.59 Å². The first kappa shape index (κ1) is 17.4. The van der Waals surface area contributed by atoms with Crippen LogP contribution in [0.15, 0.2) is 34.7 Å². The summed E-state index contributed by atoms with van der Waals surface area (Å²) in [5.74, 6) is 1.25. The maximum atomic E-state index is 12.4. The van der Waals surface area contributed by atoms with Gasteiger partial charge in [-0.1, -0.05) is 0 Å². The number of methoxy groups -OCH3 is 1. The smallest absolute Gasteiger partial charge is 0.255 e. The van der Waals surface area contributed by atoms with Crippen molar-refractivity contribution in [2.45, 2.75) is 19.9 Å². The summed E-state index contributed by atoms with van der Waals surface area (Å²) >= 11 is 0.